The van der Waals surface area contributed by atoms with Crippen LogP contribution in [0.15, 0.2) is 84.9 Å². The minimum Gasteiger partial charge on any atom is -0.309 e. The standard InChI is InChI=1S/C58H71N/c1-36-26-27-43-51(57(12,13)33-30-54(43,6)7)48(36)39-34-38-37-20-16-17-21-40(37)58(14,15)44(38)35-47(39)59(45-24-18-22-41-49(45)55(8,9)31-28-52(41,2)3)46-25-19-23-42-50(46)56(10,11)32-29-53(42,4)5/h16-27,34-35H,28-33H2,1-15H3. The van der Waals surface area contributed by atoms with Crippen LogP contribution in [0.3, 0.4) is 0 Å². The lowest BCUT2D eigenvalue weighted by molar-refractivity contribution is 0.331. The molecule has 1 nitrogen and oxygen atoms in total. The fourth-order valence-corrected chi connectivity index (χ4v) is 12.5. The van der Waals surface area contributed by atoms with Crippen molar-refractivity contribution in [1.29, 1.82) is 0 Å². The Labute approximate surface area is 358 Å². The van der Waals surface area contributed by atoms with E-state index in [1.54, 1.807) is 5.56 Å². The van der Waals surface area contributed by atoms with Gasteiger partial charge in [0.1, 0.15) is 0 Å². The number of rotatable bonds is 4. The van der Waals surface area contributed by atoms with Gasteiger partial charge in [-0.1, -0.05) is 158 Å². The van der Waals surface area contributed by atoms with Gasteiger partial charge in [-0.3, -0.25) is 0 Å². The monoisotopic (exact) mass is 782 g/mol. The first-order valence-electron chi connectivity index (χ1n) is 22.9. The van der Waals surface area contributed by atoms with Crippen LogP contribution in [-0.2, 0) is 37.9 Å². The number of hydrogen-bond donors (Lipinski definition) is 0. The predicted octanol–water partition coefficient (Wildman–Crippen LogP) is 16.5. The van der Waals surface area contributed by atoms with Gasteiger partial charge < -0.3 is 4.90 Å². The number of fused-ring (bicyclic) bond motifs is 6. The molecular formula is C58H71N. The predicted molar refractivity (Wildman–Crippen MR) is 255 cm³/mol. The van der Waals surface area contributed by atoms with Crippen LogP contribution in [-0.4, -0.2) is 0 Å². The first-order chi connectivity index (χ1) is 27.4. The van der Waals surface area contributed by atoms with Gasteiger partial charge in [-0.05, 0) is 169 Å². The molecule has 308 valence electrons. The van der Waals surface area contributed by atoms with Crippen LogP contribution in [0.1, 0.15) is 186 Å². The molecule has 0 atom stereocenters. The highest BCUT2D eigenvalue weighted by Gasteiger charge is 2.46. The number of anilines is 3. The second-order valence-corrected chi connectivity index (χ2v) is 23.8. The zero-order valence-electron chi connectivity index (χ0n) is 39.3. The zero-order valence-corrected chi connectivity index (χ0v) is 39.3. The lowest BCUT2D eigenvalue weighted by atomic mass is 9.60. The van der Waals surface area contributed by atoms with E-state index in [-0.39, 0.29) is 37.9 Å². The molecule has 9 rings (SSSR count). The van der Waals surface area contributed by atoms with Crippen molar-refractivity contribution in [3.05, 3.63) is 135 Å². The number of nitrogens with zero attached hydrogens (tertiary/aromatic N) is 1. The van der Waals surface area contributed by atoms with Crippen LogP contribution >= 0.6 is 0 Å². The Morgan fingerprint density at radius 1 is 0.356 bits per heavy atom. The molecule has 0 fully saturated rings. The van der Waals surface area contributed by atoms with Crippen LogP contribution in [0.5, 0.6) is 0 Å². The highest BCUT2D eigenvalue weighted by Crippen LogP contribution is 2.60. The van der Waals surface area contributed by atoms with E-state index in [1.165, 1.54) is 110 Å². The van der Waals surface area contributed by atoms with Crippen molar-refractivity contribution >= 4 is 17.1 Å². The van der Waals surface area contributed by atoms with Crippen LogP contribution in [0.2, 0.25) is 0 Å². The van der Waals surface area contributed by atoms with Gasteiger partial charge in [0.15, 0.2) is 0 Å². The summed E-state index contributed by atoms with van der Waals surface area (Å²) >= 11 is 0. The molecule has 0 N–H and O–H groups in total. The molecule has 5 aromatic carbocycles. The fourth-order valence-electron chi connectivity index (χ4n) is 12.5. The summed E-state index contributed by atoms with van der Waals surface area (Å²) in [6.07, 6.45) is 7.08. The number of aryl methyl sites for hydroxylation is 1. The van der Waals surface area contributed by atoms with Crippen molar-refractivity contribution in [3.8, 4) is 22.3 Å². The van der Waals surface area contributed by atoms with Crippen molar-refractivity contribution in [2.45, 2.75) is 180 Å². The van der Waals surface area contributed by atoms with Crippen LogP contribution in [0.4, 0.5) is 17.1 Å². The Kier molecular flexibility index (Phi) is 8.69. The van der Waals surface area contributed by atoms with E-state index < -0.39 is 0 Å². The van der Waals surface area contributed by atoms with Crippen molar-refractivity contribution in [3.63, 3.8) is 0 Å². The molecule has 0 bridgehead atoms. The molecule has 0 amide bonds. The molecular weight excluding hydrogens is 711 g/mol. The maximum atomic E-state index is 2.82. The maximum Gasteiger partial charge on any atom is 0.0543 e. The lowest BCUT2D eigenvalue weighted by Gasteiger charge is -2.47. The largest absolute Gasteiger partial charge is 0.309 e. The van der Waals surface area contributed by atoms with E-state index in [0.717, 1.165) is 12.8 Å². The summed E-state index contributed by atoms with van der Waals surface area (Å²) in [7, 11) is 0. The molecule has 1 heteroatoms. The molecule has 0 heterocycles. The van der Waals surface area contributed by atoms with E-state index in [4.69, 9.17) is 0 Å². The van der Waals surface area contributed by atoms with E-state index in [2.05, 4.69) is 194 Å². The molecule has 0 unspecified atom stereocenters. The number of benzene rings is 5. The average Bonchev–Trinajstić information content (AvgIpc) is 3.39. The molecule has 0 saturated carbocycles. The Bertz CT molecular complexity index is 2470. The highest BCUT2D eigenvalue weighted by atomic mass is 15.2. The molecule has 0 aromatic heterocycles. The van der Waals surface area contributed by atoms with Gasteiger partial charge in [-0.2, -0.15) is 0 Å². The molecule has 0 aliphatic heterocycles. The van der Waals surface area contributed by atoms with Crippen molar-refractivity contribution in [1.82, 2.24) is 0 Å². The highest BCUT2D eigenvalue weighted by molar-refractivity contribution is 5.98. The van der Waals surface area contributed by atoms with Gasteiger partial charge in [0.25, 0.3) is 0 Å². The topological polar surface area (TPSA) is 3.24 Å². The Balaban J connectivity index is 1.50. The third kappa shape index (κ3) is 5.90. The second kappa shape index (κ2) is 12.7. The molecule has 4 aliphatic rings. The minimum absolute atomic E-state index is 0.00354. The third-order valence-corrected chi connectivity index (χ3v) is 16.5. The van der Waals surface area contributed by atoms with E-state index in [9.17, 15) is 0 Å². The molecule has 4 aliphatic carbocycles. The first kappa shape index (κ1) is 40.3. The average molecular weight is 782 g/mol. The van der Waals surface area contributed by atoms with Crippen LogP contribution < -0.4 is 4.90 Å². The van der Waals surface area contributed by atoms with Gasteiger partial charge >= 0.3 is 0 Å². The quantitative estimate of drug-likeness (QED) is 0.176. The SMILES string of the molecule is Cc1ccc2c(c1-c1cc3c(cc1N(c1cccc4c1C(C)(C)CCC4(C)C)c1cccc4c1C(C)(C)CCC4(C)C)C(C)(C)c1ccccc1-3)C(C)(C)CCC2(C)C. The van der Waals surface area contributed by atoms with Crippen molar-refractivity contribution in [2.24, 2.45) is 0 Å². The van der Waals surface area contributed by atoms with Crippen molar-refractivity contribution in [2.75, 3.05) is 4.90 Å². The molecule has 5 aromatic rings. The van der Waals surface area contributed by atoms with Crippen LogP contribution in [0.25, 0.3) is 22.3 Å². The summed E-state index contributed by atoms with van der Waals surface area (Å²) in [6.45, 7) is 37.3. The second-order valence-electron chi connectivity index (χ2n) is 23.8. The van der Waals surface area contributed by atoms with Gasteiger partial charge in [-0.15, -0.1) is 0 Å². The van der Waals surface area contributed by atoms with Crippen LogP contribution in [0, 0.1) is 6.92 Å². The maximum absolute atomic E-state index is 2.82. The van der Waals surface area contributed by atoms with E-state index in [0.29, 0.717) is 0 Å². The zero-order chi connectivity index (χ0) is 42.5. The summed E-state index contributed by atoms with van der Waals surface area (Å²) in [5.41, 5.74) is 23.1. The smallest absolute Gasteiger partial charge is 0.0543 e. The van der Waals surface area contributed by atoms with Gasteiger partial charge in [0.2, 0.25) is 0 Å². The Hall–Kier alpha value is -4.10. The molecule has 59 heavy (non-hydrogen) atoms. The van der Waals surface area contributed by atoms with Gasteiger partial charge in [0.05, 0.1) is 17.1 Å². The fraction of sp³-hybridized carbons (Fsp3) is 0.483. The van der Waals surface area contributed by atoms with Gasteiger partial charge in [0, 0.05) is 11.0 Å². The summed E-state index contributed by atoms with van der Waals surface area (Å²) in [4.78, 5) is 2.82. The lowest BCUT2D eigenvalue weighted by Crippen LogP contribution is -2.37. The molecule has 0 saturated heterocycles. The molecule has 0 radical (unpaired) electrons. The summed E-state index contributed by atoms with van der Waals surface area (Å²) in [5.74, 6) is 0. The Morgan fingerprint density at radius 2 is 0.797 bits per heavy atom. The number of hydrogen-bond acceptors (Lipinski definition) is 1. The normalized spacial score (nSPS) is 21.7. The minimum atomic E-state index is -0.147. The van der Waals surface area contributed by atoms with Crippen molar-refractivity contribution < 1.29 is 0 Å². The summed E-state index contributed by atoms with van der Waals surface area (Å²) in [5, 5.41) is 0. The molecule has 0 spiro atoms. The summed E-state index contributed by atoms with van der Waals surface area (Å²) in [6, 6.07) is 34.1. The summed E-state index contributed by atoms with van der Waals surface area (Å²) < 4.78 is 0. The van der Waals surface area contributed by atoms with E-state index in [1.807, 2.05) is 0 Å². The van der Waals surface area contributed by atoms with E-state index >= 15 is 0 Å². The van der Waals surface area contributed by atoms with Gasteiger partial charge in [-0.25, -0.2) is 0 Å². The third-order valence-electron chi connectivity index (χ3n) is 16.5. The Morgan fingerprint density at radius 3 is 1.32 bits per heavy atom. The first-order valence-corrected chi connectivity index (χ1v) is 22.9.